The van der Waals surface area contributed by atoms with Crippen molar-refractivity contribution in [3.8, 4) is 5.75 Å². The molecule has 2 aromatic rings. The third-order valence-electron chi connectivity index (χ3n) is 2.59. The first-order valence-corrected chi connectivity index (χ1v) is 5.86. The molecule has 0 saturated carbocycles. The number of carboxylic acids is 1. The number of carbonyl (C=O) groups is 2. The molecule has 20 heavy (non-hydrogen) atoms. The molecule has 2 rings (SSSR count). The number of hydrogen-bond acceptors (Lipinski definition) is 4. The van der Waals surface area contributed by atoms with Gasteiger partial charge in [-0.05, 0) is 36.8 Å². The lowest BCUT2D eigenvalue weighted by molar-refractivity contribution is -0.105. The van der Waals surface area contributed by atoms with E-state index in [1.54, 1.807) is 12.1 Å². The second kappa shape index (κ2) is 5.92. The van der Waals surface area contributed by atoms with E-state index >= 15 is 0 Å². The maximum absolute atomic E-state index is 10.7. The summed E-state index contributed by atoms with van der Waals surface area (Å²) >= 11 is 0. The summed E-state index contributed by atoms with van der Waals surface area (Å²) in [6, 6.07) is 8.23. The van der Waals surface area contributed by atoms with E-state index in [1.807, 2.05) is 13.0 Å². The van der Waals surface area contributed by atoms with Crippen molar-refractivity contribution in [3.05, 3.63) is 47.4 Å². The van der Waals surface area contributed by atoms with Crippen LogP contribution < -0.4 is 10.1 Å². The summed E-state index contributed by atoms with van der Waals surface area (Å²) in [5.74, 6) is -0.398. The van der Waals surface area contributed by atoms with Crippen molar-refractivity contribution in [2.24, 2.45) is 0 Å². The molecule has 0 radical (unpaired) electrons. The molecule has 1 aromatic heterocycles. The van der Waals surface area contributed by atoms with E-state index in [2.05, 4.69) is 5.32 Å². The number of ether oxygens (including phenoxy) is 1. The van der Waals surface area contributed by atoms with E-state index < -0.39 is 5.97 Å². The third kappa shape index (κ3) is 3.17. The van der Waals surface area contributed by atoms with Gasteiger partial charge in [-0.3, -0.25) is 4.79 Å². The summed E-state index contributed by atoms with van der Waals surface area (Å²) in [6.07, 6.45) is 0.567. The van der Waals surface area contributed by atoms with Gasteiger partial charge in [-0.25, -0.2) is 4.79 Å². The smallest absolute Gasteiger partial charge is 0.371 e. The average Bonchev–Trinajstić information content (AvgIpc) is 2.87. The summed E-state index contributed by atoms with van der Waals surface area (Å²) in [4.78, 5) is 21.2. The Balaban J connectivity index is 2.09. The van der Waals surface area contributed by atoms with Crippen LogP contribution in [0.25, 0.3) is 0 Å². The Hall–Kier alpha value is -2.76. The van der Waals surface area contributed by atoms with Crippen molar-refractivity contribution in [1.82, 2.24) is 0 Å². The van der Waals surface area contributed by atoms with Gasteiger partial charge in [0.2, 0.25) is 12.2 Å². The Morgan fingerprint density at radius 1 is 1.40 bits per heavy atom. The minimum atomic E-state index is -1.13. The molecular formula is C14H13NO5. The fourth-order valence-electron chi connectivity index (χ4n) is 1.67. The number of amides is 1. The molecule has 1 amide bonds. The topological polar surface area (TPSA) is 88.8 Å². The van der Waals surface area contributed by atoms with Crippen LogP contribution in [0.2, 0.25) is 0 Å². The Kier molecular flexibility index (Phi) is 4.05. The molecule has 0 aliphatic heterocycles. The monoisotopic (exact) mass is 275 g/mol. The van der Waals surface area contributed by atoms with E-state index in [0.29, 0.717) is 23.6 Å². The van der Waals surface area contributed by atoms with Crippen molar-refractivity contribution >= 4 is 18.1 Å². The van der Waals surface area contributed by atoms with E-state index in [9.17, 15) is 9.59 Å². The first-order valence-electron chi connectivity index (χ1n) is 5.86. The van der Waals surface area contributed by atoms with E-state index in [-0.39, 0.29) is 12.4 Å². The van der Waals surface area contributed by atoms with Gasteiger partial charge in [0.25, 0.3) is 0 Å². The predicted molar refractivity (Wildman–Crippen MR) is 70.9 cm³/mol. The molecule has 2 N–H and O–H groups in total. The van der Waals surface area contributed by atoms with Crippen molar-refractivity contribution in [2.75, 3.05) is 5.32 Å². The van der Waals surface area contributed by atoms with Crippen molar-refractivity contribution < 1.29 is 23.8 Å². The van der Waals surface area contributed by atoms with Crippen LogP contribution in [0.5, 0.6) is 5.75 Å². The molecule has 0 atom stereocenters. The molecule has 104 valence electrons. The summed E-state index contributed by atoms with van der Waals surface area (Å²) in [5, 5.41) is 11.3. The molecular weight excluding hydrogens is 262 g/mol. The van der Waals surface area contributed by atoms with Gasteiger partial charge in [-0.1, -0.05) is 6.07 Å². The molecule has 0 aliphatic rings. The zero-order chi connectivity index (χ0) is 14.5. The zero-order valence-electron chi connectivity index (χ0n) is 10.8. The van der Waals surface area contributed by atoms with Gasteiger partial charge in [0, 0.05) is 0 Å². The van der Waals surface area contributed by atoms with Gasteiger partial charge in [-0.15, -0.1) is 0 Å². The number of anilines is 1. The standard InChI is InChI=1S/C14H13NO5/c1-9-2-4-12(11(6-9)15-8-16)19-7-10-3-5-13(20-10)14(17)18/h2-6,8H,7H2,1H3,(H,15,16)(H,17,18). The lowest BCUT2D eigenvalue weighted by atomic mass is 10.2. The number of benzene rings is 1. The molecule has 1 aromatic carbocycles. The number of aryl methyl sites for hydroxylation is 1. The van der Waals surface area contributed by atoms with Crippen LogP contribution in [0.4, 0.5) is 5.69 Å². The number of carboxylic acid groups (broad SMARTS) is 1. The maximum atomic E-state index is 10.7. The first kappa shape index (κ1) is 13.7. The summed E-state index contributed by atoms with van der Waals surface area (Å²) in [7, 11) is 0. The van der Waals surface area contributed by atoms with Crippen LogP contribution in [0.1, 0.15) is 21.9 Å². The molecule has 0 fully saturated rings. The normalized spacial score (nSPS) is 10.1. The van der Waals surface area contributed by atoms with Gasteiger partial charge in [0.05, 0.1) is 5.69 Å². The molecule has 1 heterocycles. The van der Waals surface area contributed by atoms with Gasteiger partial charge in [-0.2, -0.15) is 0 Å². The Labute approximate surface area is 115 Å². The number of rotatable bonds is 6. The van der Waals surface area contributed by atoms with Crippen LogP contribution in [0, 0.1) is 6.92 Å². The van der Waals surface area contributed by atoms with Crippen molar-refractivity contribution in [1.29, 1.82) is 0 Å². The van der Waals surface area contributed by atoms with Crippen molar-refractivity contribution in [2.45, 2.75) is 13.5 Å². The summed E-state index contributed by atoms with van der Waals surface area (Å²) < 4.78 is 10.6. The minimum absolute atomic E-state index is 0.0733. The SMILES string of the molecule is Cc1ccc(OCc2ccc(C(=O)O)o2)c(NC=O)c1. The summed E-state index contributed by atoms with van der Waals surface area (Å²) in [6.45, 7) is 1.97. The molecule has 0 saturated heterocycles. The van der Waals surface area contributed by atoms with Gasteiger partial charge >= 0.3 is 5.97 Å². The Morgan fingerprint density at radius 2 is 2.20 bits per heavy atom. The predicted octanol–water partition coefficient (Wildman–Crippen LogP) is 2.43. The van der Waals surface area contributed by atoms with Crippen LogP contribution in [0.3, 0.4) is 0 Å². The minimum Gasteiger partial charge on any atom is -0.483 e. The van der Waals surface area contributed by atoms with Crippen LogP contribution in [-0.4, -0.2) is 17.5 Å². The highest BCUT2D eigenvalue weighted by Gasteiger charge is 2.10. The highest BCUT2D eigenvalue weighted by Crippen LogP contribution is 2.26. The fraction of sp³-hybridized carbons (Fsp3) is 0.143. The second-order valence-corrected chi connectivity index (χ2v) is 4.12. The Bertz CT molecular complexity index is 632. The van der Waals surface area contributed by atoms with Crippen LogP contribution in [-0.2, 0) is 11.4 Å². The third-order valence-corrected chi connectivity index (χ3v) is 2.59. The quantitative estimate of drug-likeness (QED) is 0.790. The van der Waals surface area contributed by atoms with Gasteiger partial charge < -0.3 is 19.6 Å². The highest BCUT2D eigenvalue weighted by atomic mass is 16.5. The van der Waals surface area contributed by atoms with Crippen molar-refractivity contribution in [3.63, 3.8) is 0 Å². The van der Waals surface area contributed by atoms with Crippen LogP contribution >= 0.6 is 0 Å². The highest BCUT2D eigenvalue weighted by molar-refractivity contribution is 5.84. The van der Waals surface area contributed by atoms with E-state index in [4.69, 9.17) is 14.3 Å². The lowest BCUT2D eigenvalue weighted by Gasteiger charge is -2.10. The number of nitrogens with one attached hydrogen (secondary N) is 1. The van der Waals surface area contributed by atoms with Crippen LogP contribution in [0.15, 0.2) is 34.7 Å². The number of carbonyl (C=O) groups excluding carboxylic acids is 1. The fourth-order valence-corrected chi connectivity index (χ4v) is 1.67. The molecule has 0 spiro atoms. The van der Waals surface area contributed by atoms with E-state index in [1.165, 1.54) is 12.1 Å². The molecule has 6 heteroatoms. The molecule has 0 unspecified atom stereocenters. The number of aromatic carboxylic acids is 1. The molecule has 0 bridgehead atoms. The van der Waals surface area contributed by atoms with Gasteiger partial charge in [0.1, 0.15) is 18.1 Å². The molecule has 0 aliphatic carbocycles. The number of furan rings is 1. The number of hydrogen-bond donors (Lipinski definition) is 2. The lowest BCUT2D eigenvalue weighted by Crippen LogP contribution is -2.01. The average molecular weight is 275 g/mol. The maximum Gasteiger partial charge on any atom is 0.371 e. The first-order chi connectivity index (χ1) is 9.60. The largest absolute Gasteiger partial charge is 0.483 e. The zero-order valence-corrected chi connectivity index (χ0v) is 10.8. The second-order valence-electron chi connectivity index (χ2n) is 4.12. The Morgan fingerprint density at radius 3 is 2.85 bits per heavy atom. The van der Waals surface area contributed by atoms with Gasteiger partial charge in [0.15, 0.2) is 0 Å². The molecule has 6 nitrogen and oxygen atoms in total. The van der Waals surface area contributed by atoms with E-state index in [0.717, 1.165) is 5.56 Å². The summed E-state index contributed by atoms with van der Waals surface area (Å²) in [5.41, 5.74) is 1.53.